The number of benzene rings is 1. The minimum Gasteiger partial charge on any atom is -0.207 e. The highest BCUT2D eigenvalue weighted by molar-refractivity contribution is 7.89. The number of fused-ring (bicyclic) bond motifs is 1. The van der Waals surface area contributed by atoms with E-state index in [9.17, 15) is 8.42 Å². The molecule has 1 heterocycles. The van der Waals surface area contributed by atoms with Gasteiger partial charge in [-0.1, -0.05) is 24.3 Å². The molecule has 0 unspecified atom stereocenters. The molecule has 1 N–H and O–H groups in total. The first-order chi connectivity index (χ1) is 6.65. The van der Waals surface area contributed by atoms with Crippen LogP contribution >= 0.6 is 0 Å². The van der Waals surface area contributed by atoms with Crippen molar-refractivity contribution in [1.82, 2.24) is 4.72 Å². The van der Waals surface area contributed by atoms with Crippen molar-refractivity contribution in [2.24, 2.45) is 0 Å². The maximum atomic E-state index is 11.6. The van der Waals surface area contributed by atoms with E-state index in [1.165, 1.54) is 0 Å². The van der Waals surface area contributed by atoms with Gasteiger partial charge >= 0.3 is 0 Å². The summed E-state index contributed by atoms with van der Waals surface area (Å²) in [5.74, 6) is 0. The van der Waals surface area contributed by atoms with E-state index < -0.39 is 10.0 Å². The summed E-state index contributed by atoms with van der Waals surface area (Å²) in [6.45, 7) is 2.29. The summed E-state index contributed by atoms with van der Waals surface area (Å²) in [6.07, 6.45) is 1.93. The number of allylic oxidation sites excluding steroid dienone is 1. The predicted molar refractivity (Wildman–Crippen MR) is 55.3 cm³/mol. The fraction of sp³-hybridized carbons (Fsp3) is 0.200. The average molecular weight is 209 g/mol. The van der Waals surface area contributed by atoms with Gasteiger partial charge in [0.2, 0.25) is 10.0 Å². The van der Waals surface area contributed by atoms with E-state index in [-0.39, 0.29) is 0 Å². The van der Waals surface area contributed by atoms with Crippen molar-refractivity contribution in [2.45, 2.75) is 11.8 Å². The van der Waals surface area contributed by atoms with E-state index in [0.717, 1.165) is 11.1 Å². The van der Waals surface area contributed by atoms with Crippen LogP contribution in [0, 0.1) is 0 Å². The number of hydrogen-bond donors (Lipinski definition) is 1. The zero-order valence-corrected chi connectivity index (χ0v) is 8.64. The molecule has 3 nitrogen and oxygen atoms in total. The lowest BCUT2D eigenvalue weighted by molar-refractivity contribution is 0.583. The maximum absolute atomic E-state index is 11.6. The summed E-state index contributed by atoms with van der Waals surface area (Å²) < 4.78 is 25.7. The van der Waals surface area contributed by atoms with Crippen LogP contribution in [-0.2, 0) is 10.0 Å². The summed E-state index contributed by atoms with van der Waals surface area (Å²) in [4.78, 5) is 0.374. The Morgan fingerprint density at radius 1 is 1.36 bits per heavy atom. The van der Waals surface area contributed by atoms with Gasteiger partial charge in [0.15, 0.2) is 0 Å². The van der Waals surface area contributed by atoms with Crippen LogP contribution in [0.5, 0.6) is 0 Å². The highest BCUT2D eigenvalue weighted by Crippen LogP contribution is 2.26. The first-order valence-corrected chi connectivity index (χ1v) is 5.88. The number of rotatable bonds is 0. The molecular weight excluding hydrogens is 198 g/mol. The Kier molecular flexibility index (Phi) is 2.17. The number of hydrogen-bond acceptors (Lipinski definition) is 2. The van der Waals surface area contributed by atoms with Gasteiger partial charge in [0.1, 0.15) is 0 Å². The lowest BCUT2D eigenvalue weighted by Crippen LogP contribution is -2.30. The Bertz CT molecular complexity index is 489. The highest BCUT2D eigenvalue weighted by Gasteiger charge is 2.24. The van der Waals surface area contributed by atoms with Crippen LogP contribution in [0.2, 0.25) is 0 Å². The predicted octanol–water partition coefficient (Wildman–Crippen LogP) is 1.38. The summed E-state index contributed by atoms with van der Waals surface area (Å²) in [5, 5.41) is 0. The molecule has 0 aliphatic carbocycles. The normalized spacial score (nSPS) is 21.9. The quantitative estimate of drug-likeness (QED) is 0.701. The van der Waals surface area contributed by atoms with Crippen molar-refractivity contribution in [2.75, 3.05) is 6.54 Å². The van der Waals surface area contributed by atoms with Gasteiger partial charge < -0.3 is 0 Å². The molecule has 0 bridgehead atoms. The number of sulfonamides is 1. The molecule has 2 rings (SSSR count). The van der Waals surface area contributed by atoms with Gasteiger partial charge in [0, 0.05) is 6.54 Å². The topological polar surface area (TPSA) is 46.2 Å². The molecule has 1 aliphatic rings. The van der Waals surface area contributed by atoms with Crippen LogP contribution in [0.3, 0.4) is 0 Å². The molecule has 0 amide bonds. The Morgan fingerprint density at radius 3 is 2.79 bits per heavy atom. The Labute approximate surface area is 83.5 Å². The van der Waals surface area contributed by atoms with Crippen molar-refractivity contribution in [3.63, 3.8) is 0 Å². The molecule has 1 aromatic rings. The second-order valence-electron chi connectivity index (χ2n) is 3.13. The van der Waals surface area contributed by atoms with Gasteiger partial charge in [-0.05, 0) is 24.1 Å². The molecule has 1 aliphatic heterocycles. The molecule has 74 valence electrons. The van der Waals surface area contributed by atoms with Crippen molar-refractivity contribution in [3.8, 4) is 0 Å². The van der Waals surface area contributed by atoms with E-state index in [4.69, 9.17) is 0 Å². The molecule has 0 spiro atoms. The van der Waals surface area contributed by atoms with E-state index >= 15 is 0 Å². The zero-order valence-electron chi connectivity index (χ0n) is 7.82. The van der Waals surface area contributed by atoms with Crippen LogP contribution in [-0.4, -0.2) is 15.0 Å². The van der Waals surface area contributed by atoms with Gasteiger partial charge in [0.05, 0.1) is 4.90 Å². The standard InChI is InChI=1S/C10H11NO2S/c1-2-8-7-11-14(12,13)10-6-4-3-5-9(8)10/h2-6,11H,7H2,1H3. The molecule has 0 fully saturated rings. The van der Waals surface area contributed by atoms with Gasteiger partial charge in [-0.15, -0.1) is 0 Å². The molecular formula is C10H11NO2S. The Morgan fingerprint density at radius 2 is 2.07 bits per heavy atom. The molecule has 4 heteroatoms. The van der Waals surface area contributed by atoms with Crippen LogP contribution in [0.15, 0.2) is 35.2 Å². The SMILES string of the molecule is CC=C1CNS(=O)(=O)c2ccccc21. The van der Waals surface area contributed by atoms with Crippen LogP contribution in [0.4, 0.5) is 0 Å². The van der Waals surface area contributed by atoms with E-state index in [1.807, 2.05) is 25.1 Å². The Balaban J connectivity index is 2.73. The van der Waals surface area contributed by atoms with Crippen molar-refractivity contribution in [1.29, 1.82) is 0 Å². The summed E-state index contributed by atoms with van der Waals surface area (Å²) in [6, 6.07) is 7.04. The third-order valence-corrected chi connectivity index (χ3v) is 3.78. The van der Waals surface area contributed by atoms with E-state index in [0.29, 0.717) is 11.4 Å². The average Bonchev–Trinajstić information content (AvgIpc) is 2.18. The van der Waals surface area contributed by atoms with Crippen LogP contribution in [0.1, 0.15) is 12.5 Å². The molecule has 14 heavy (non-hydrogen) atoms. The minimum atomic E-state index is -3.28. The van der Waals surface area contributed by atoms with Crippen LogP contribution < -0.4 is 4.72 Å². The van der Waals surface area contributed by atoms with Crippen molar-refractivity contribution < 1.29 is 8.42 Å². The van der Waals surface area contributed by atoms with Crippen molar-refractivity contribution >= 4 is 15.6 Å². The van der Waals surface area contributed by atoms with Crippen LogP contribution in [0.25, 0.3) is 5.57 Å². The van der Waals surface area contributed by atoms with Gasteiger partial charge in [-0.2, -0.15) is 0 Å². The molecule has 0 atom stereocenters. The summed E-state index contributed by atoms with van der Waals surface area (Å²) in [7, 11) is -3.28. The summed E-state index contributed by atoms with van der Waals surface area (Å²) in [5.41, 5.74) is 1.84. The molecule has 0 saturated heterocycles. The lowest BCUT2D eigenvalue weighted by Gasteiger charge is -2.19. The fourth-order valence-corrected chi connectivity index (χ4v) is 2.82. The number of nitrogens with one attached hydrogen (secondary N) is 1. The molecule has 0 radical (unpaired) electrons. The second kappa shape index (κ2) is 3.22. The first-order valence-electron chi connectivity index (χ1n) is 4.39. The largest absolute Gasteiger partial charge is 0.241 e. The third kappa shape index (κ3) is 1.36. The zero-order chi connectivity index (χ0) is 10.2. The second-order valence-corrected chi connectivity index (χ2v) is 4.87. The van der Waals surface area contributed by atoms with Gasteiger partial charge in [0.25, 0.3) is 0 Å². The maximum Gasteiger partial charge on any atom is 0.241 e. The van der Waals surface area contributed by atoms with Gasteiger partial charge in [-0.25, -0.2) is 13.1 Å². The highest BCUT2D eigenvalue weighted by atomic mass is 32.2. The van der Waals surface area contributed by atoms with E-state index in [1.54, 1.807) is 12.1 Å². The molecule has 0 aromatic heterocycles. The third-order valence-electron chi connectivity index (χ3n) is 2.32. The molecule has 0 saturated carbocycles. The Hall–Kier alpha value is -1.13. The summed E-state index contributed by atoms with van der Waals surface area (Å²) >= 11 is 0. The fourth-order valence-electron chi connectivity index (χ4n) is 1.57. The molecule has 1 aromatic carbocycles. The lowest BCUT2D eigenvalue weighted by atomic mass is 10.1. The van der Waals surface area contributed by atoms with E-state index in [2.05, 4.69) is 4.72 Å². The van der Waals surface area contributed by atoms with Gasteiger partial charge in [-0.3, -0.25) is 0 Å². The first kappa shape index (κ1) is 9.43. The monoisotopic (exact) mass is 209 g/mol. The minimum absolute atomic E-state index is 0.374. The van der Waals surface area contributed by atoms with Crippen molar-refractivity contribution in [3.05, 3.63) is 35.9 Å². The smallest absolute Gasteiger partial charge is 0.207 e.